The molecule has 6 rings (SSSR count). The summed E-state index contributed by atoms with van der Waals surface area (Å²) in [6.07, 6.45) is 5.39. The molecule has 0 saturated carbocycles. The molecule has 4 aromatic heterocycles. The molecule has 7 N–H and O–H groups in total. The number of imidazole rings is 2. The van der Waals surface area contributed by atoms with Crippen molar-refractivity contribution >= 4 is 63.6 Å². The Labute approximate surface area is 313 Å². The summed E-state index contributed by atoms with van der Waals surface area (Å²) in [5.41, 5.74) is 13.3. The van der Waals surface area contributed by atoms with E-state index < -0.39 is 29.7 Å². The molecule has 0 bridgehead atoms. The number of oxazole rings is 1. The Balaban J connectivity index is 1.36. The van der Waals surface area contributed by atoms with Crippen LogP contribution in [-0.4, -0.2) is 89.1 Å². The Morgan fingerprint density at radius 1 is 0.945 bits per heavy atom. The first-order chi connectivity index (χ1) is 26.4. The first kappa shape index (κ1) is 38.1. The molecule has 0 aliphatic carbocycles. The van der Waals surface area contributed by atoms with Crippen LogP contribution in [0.4, 0.5) is 11.9 Å². The van der Waals surface area contributed by atoms with Crippen molar-refractivity contribution in [2.75, 3.05) is 23.8 Å². The van der Waals surface area contributed by atoms with Crippen molar-refractivity contribution in [3.05, 3.63) is 65.0 Å². The number of fused-ring (bicyclic) bond motifs is 2. The fourth-order valence-electron chi connectivity index (χ4n) is 6.13. The van der Waals surface area contributed by atoms with E-state index in [1.165, 1.54) is 24.4 Å². The van der Waals surface area contributed by atoms with Gasteiger partial charge in [-0.15, -0.1) is 0 Å². The predicted octanol–water partition coefficient (Wildman–Crippen LogP) is 2.64. The van der Waals surface area contributed by atoms with Crippen LogP contribution >= 0.6 is 0 Å². The number of aliphatic hydroxyl groups excluding tert-OH is 1. The number of pyridine rings is 1. The van der Waals surface area contributed by atoms with Gasteiger partial charge in [-0.3, -0.25) is 34.4 Å². The molecule has 1 aliphatic rings. The number of benzene rings is 1. The fraction of sp³-hybridized carbons (Fsp3) is 0.361. The van der Waals surface area contributed by atoms with Crippen LogP contribution in [0.2, 0.25) is 0 Å². The molecule has 55 heavy (non-hydrogen) atoms. The third-order valence-electron chi connectivity index (χ3n) is 8.74. The van der Waals surface area contributed by atoms with Gasteiger partial charge in [-0.2, -0.15) is 0 Å². The van der Waals surface area contributed by atoms with Gasteiger partial charge in [0, 0.05) is 51.7 Å². The van der Waals surface area contributed by atoms with Gasteiger partial charge in [0.15, 0.2) is 17.4 Å². The summed E-state index contributed by atoms with van der Waals surface area (Å²) >= 11 is 0. The number of anilines is 2. The van der Waals surface area contributed by atoms with Crippen molar-refractivity contribution in [1.29, 1.82) is 0 Å². The zero-order valence-corrected chi connectivity index (χ0v) is 30.7. The summed E-state index contributed by atoms with van der Waals surface area (Å²) in [6, 6.07) is 4.09. The minimum atomic E-state index is -0.857. The lowest BCUT2D eigenvalue weighted by Gasteiger charge is -2.16. The lowest BCUT2D eigenvalue weighted by molar-refractivity contribution is -0.123. The van der Waals surface area contributed by atoms with Gasteiger partial charge < -0.3 is 35.0 Å². The largest absolute Gasteiger partial charge is 0.491 e. The smallest absolute Gasteiger partial charge is 0.295 e. The number of primary amides is 2. The third-order valence-corrected chi connectivity index (χ3v) is 8.74. The molecule has 19 nitrogen and oxygen atoms in total. The minimum Gasteiger partial charge on any atom is -0.491 e. The van der Waals surface area contributed by atoms with Gasteiger partial charge >= 0.3 is 0 Å². The van der Waals surface area contributed by atoms with E-state index >= 15 is 0 Å². The molecule has 4 amide bonds. The molecule has 5 heterocycles. The molecule has 2 unspecified atom stereocenters. The highest BCUT2D eigenvalue weighted by Crippen LogP contribution is 2.32. The standard InChI is InChI=1S/C36H41N11O8/c1-5-22-28(54-18(3)40-22)33(51)44-35-42-24-14-20(30(37)49)16-26(53-13-9-12-48)27(24)46(35)10-7-8-11-47-32-25(15-21(17-39-32)31(38)50)43-36(47)45-34(52)29-23(6-2)41-19(4)55-29/h7-8,14-17,23,29,48H,5-6,9-13H2,1-4H3,(H2,37,49)(H2,38,50)(H,42,44,51)(H,43,45,52)/b8-7+. The lowest BCUT2D eigenvalue weighted by atomic mass is 10.1. The van der Waals surface area contributed by atoms with Gasteiger partial charge in [-0.1, -0.05) is 26.0 Å². The van der Waals surface area contributed by atoms with Crippen LogP contribution in [0.15, 0.2) is 46.0 Å². The van der Waals surface area contributed by atoms with E-state index in [2.05, 4.69) is 35.6 Å². The molecule has 0 radical (unpaired) electrons. The molecule has 5 aromatic rings. The number of rotatable bonds is 16. The first-order valence-electron chi connectivity index (χ1n) is 17.6. The molecule has 0 fully saturated rings. The Kier molecular flexibility index (Phi) is 11.2. The molecular formula is C36H41N11O8. The van der Waals surface area contributed by atoms with Crippen molar-refractivity contribution < 1.29 is 38.2 Å². The number of allylic oxidation sites excluding steroid dienone is 2. The van der Waals surface area contributed by atoms with Crippen LogP contribution in [-0.2, 0) is 29.0 Å². The maximum Gasteiger partial charge on any atom is 0.295 e. The minimum absolute atomic E-state index is 0.0370. The molecule has 0 spiro atoms. The normalized spacial score (nSPS) is 15.4. The topological polar surface area (TPSA) is 270 Å². The monoisotopic (exact) mass is 755 g/mol. The van der Waals surface area contributed by atoms with E-state index in [-0.39, 0.29) is 66.9 Å². The average molecular weight is 756 g/mol. The van der Waals surface area contributed by atoms with Crippen LogP contribution in [0.3, 0.4) is 0 Å². The van der Waals surface area contributed by atoms with Gasteiger partial charge in [-0.05, 0) is 31.0 Å². The number of aliphatic hydroxyl groups is 1. The number of hydrogen-bond acceptors (Lipinski definition) is 13. The number of amides is 4. The maximum absolute atomic E-state index is 13.5. The molecule has 0 saturated heterocycles. The van der Waals surface area contributed by atoms with Gasteiger partial charge in [0.1, 0.15) is 16.8 Å². The Morgan fingerprint density at radius 2 is 1.64 bits per heavy atom. The van der Waals surface area contributed by atoms with Gasteiger partial charge in [-0.25, -0.2) is 24.9 Å². The molecular weight excluding hydrogens is 714 g/mol. The number of aryl methyl sites for hydroxylation is 2. The predicted molar refractivity (Wildman–Crippen MR) is 200 cm³/mol. The number of nitrogens with one attached hydrogen (secondary N) is 2. The van der Waals surface area contributed by atoms with E-state index in [9.17, 15) is 24.3 Å². The van der Waals surface area contributed by atoms with Crippen molar-refractivity contribution in [1.82, 2.24) is 29.1 Å². The van der Waals surface area contributed by atoms with Gasteiger partial charge in [0.2, 0.25) is 35.6 Å². The Hall–Kier alpha value is -6.63. The summed E-state index contributed by atoms with van der Waals surface area (Å²) in [6.45, 7) is 7.34. The second kappa shape index (κ2) is 16.2. The molecule has 1 aromatic carbocycles. The quantitative estimate of drug-likeness (QED) is 0.0719. The van der Waals surface area contributed by atoms with Crippen LogP contribution in [0.1, 0.15) is 76.5 Å². The highest BCUT2D eigenvalue weighted by Gasteiger charge is 2.35. The van der Waals surface area contributed by atoms with E-state index in [1.54, 1.807) is 35.1 Å². The van der Waals surface area contributed by atoms with Crippen LogP contribution in [0, 0.1) is 6.92 Å². The number of aromatic nitrogens is 6. The molecule has 2 atom stereocenters. The number of nitrogens with two attached hydrogens (primary N) is 2. The number of carbonyl (C=O) groups is 4. The van der Waals surface area contributed by atoms with Gasteiger partial charge in [0.05, 0.1) is 29.4 Å². The first-order valence-corrected chi connectivity index (χ1v) is 17.6. The van der Waals surface area contributed by atoms with Gasteiger partial charge in [0.25, 0.3) is 11.8 Å². The summed E-state index contributed by atoms with van der Waals surface area (Å²) < 4.78 is 20.6. The number of hydrogen-bond donors (Lipinski definition) is 5. The number of carbonyl (C=O) groups excluding carboxylic acids is 4. The molecule has 288 valence electrons. The van der Waals surface area contributed by atoms with E-state index in [0.29, 0.717) is 58.9 Å². The Morgan fingerprint density at radius 3 is 2.33 bits per heavy atom. The number of aliphatic imine (C=N–C) groups is 1. The second-order valence-corrected chi connectivity index (χ2v) is 12.6. The lowest BCUT2D eigenvalue weighted by Crippen LogP contribution is -2.36. The highest BCUT2D eigenvalue weighted by molar-refractivity contribution is 6.04. The van der Waals surface area contributed by atoms with Crippen molar-refractivity contribution in [3.8, 4) is 5.75 Å². The van der Waals surface area contributed by atoms with E-state index in [0.717, 1.165) is 0 Å². The van der Waals surface area contributed by atoms with Crippen molar-refractivity contribution in [2.24, 2.45) is 16.5 Å². The summed E-state index contributed by atoms with van der Waals surface area (Å²) in [5.74, 6) is -1.14. The summed E-state index contributed by atoms with van der Waals surface area (Å²) in [7, 11) is 0. The average Bonchev–Trinajstić information content (AvgIpc) is 3.92. The van der Waals surface area contributed by atoms with E-state index in [1.807, 2.05) is 13.8 Å². The second-order valence-electron chi connectivity index (χ2n) is 12.6. The molecule has 19 heteroatoms. The molecule has 1 aliphatic heterocycles. The zero-order chi connectivity index (χ0) is 39.4. The van der Waals surface area contributed by atoms with Crippen LogP contribution in [0.25, 0.3) is 22.2 Å². The summed E-state index contributed by atoms with van der Waals surface area (Å²) in [5, 5.41) is 15.0. The van der Waals surface area contributed by atoms with Crippen LogP contribution in [0.5, 0.6) is 5.75 Å². The van der Waals surface area contributed by atoms with Crippen molar-refractivity contribution in [2.45, 2.75) is 72.2 Å². The highest BCUT2D eigenvalue weighted by atomic mass is 16.5. The zero-order valence-electron chi connectivity index (χ0n) is 30.7. The van der Waals surface area contributed by atoms with Crippen molar-refractivity contribution in [3.63, 3.8) is 0 Å². The Bertz CT molecular complexity index is 2360. The third kappa shape index (κ3) is 8.00. The van der Waals surface area contributed by atoms with Crippen LogP contribution < -0.4 is 26.8 Å². The van der Waals surface area contributed by atoms with E-state index in [4.69, 9.17) is 25.4 Å². The summed E-state index contributed by atoms with van der Waals surface area (Å²) in [4.78, 5) is 73.4. The number of nitrogens with zero attached hydrogens (tertiary/aromatic N) is 7. The fourth-order valence-corrected chi connectivity index (χ4v) is 6.13. The maximum atomic E-state index is 13.5. The SMILES string of the molecule is CCc1nc(C)oc1C(=O)Nc1nc2cc(C(N)=O)cc(OCCCO)c2n1C/C=C/Cn1c(NC(=O)C2OC(C)=NC2CC)nc2cc(C(N)=O)cnc21. The number of ether oxygens (including phenoxy) is 2.